The highest BCUT2D eigenvalue weighted by Gasteiger charge is 2.20. The smallest absolute Gasteiger partial charge is 0.269 e. The van der Waals surface area contributed by atoms with E-state index in [2.05, 4.69) is 10.0 Å². The summed E-state index contributed by atoms with van der Waals surface area (Å²) in [6, 6.07) is 17.2. The Hall–Kier alpha value is -3.92. The molecule has 10 heteroatoms. The van der Waals surface area contributed by atoms with Crippen LogP contribution in [0.4, 0.5) is 17.1 Å². The number of hydrogen-bond acceptors (Lipinski definition) is 6. The van der Waals surface area contributed by atoms with Gasteiger partial charge in [0, 0.05) is 23.4 Å². The van der Waals surface area contributed by atoms with Gasteiger partial charge in [0.15, 0.2) is 0 Å². The second-order valence-electron chi connectivity index (χ2n) is 6.09. The third-order valence-electron chi connectivity index (χ3n) is 4.11. The van der Waals surface area contributed by atoms with E-state index >= 15 is 0 Å². The zero-order valence-electron chi connectivity index (χ0n) is 15.7. The molecule has 9 nitrogen and oxygen atoms in total. The molecule has 1 amide bonds. The van der Waals surface area contributed by atoms with Crippen LogP contribution in [0, 0.1) is 10.1 Å². The standard InChI is InChI=1S/C20H17N3O6S/c1-29-17-12-8-15(9-13-17)22-30(27,28)19-5-3-2-4-18(19)21-20(24)14-6-10-16(11-7-14)23(25)26/h2-13,22H,1H3,(H,21,24). The van der Waals surface area contributed by atoms with Crippen molar-refractivity contribution in [2.45, 2.75) is 4.90 Å². The minimum atomic E-state index is -4.00. The van der Waals surface area contributed by atoms with Crippen LogP contribution >= 0.6 is 0 Å². The summed E-state index contributed by atoms with van der Waals surface area (Å²) in [5, 5.41) is 13.3. The topological polar surface area (TPSA) is 128 Å². The Morgan fingerprint density at radius 3 is 2.20 bits per heavy atom. The van der Waals surface area contributed by atoms with Crippen LogP contribution in [-0.4, -0.2) is 26.4 Å². The van der Waals surface area contributed by atoms with Gasteiger partial charge in [-0.05, 0) is 48.5 Å². The fraction of sp³-hybridized carbons (Fsp3) is 0.0500. The zero-order valence-corrected chi connectivity index (χ0v) is 16.5. The molecule has 2 N–H and O–H groups in total. The van der Waals surface area contributed by atoms with Gasteiger partial charge >= 0.3 is 0 Å². The van der Waals surface area contributed by atoms with Crippen molar-refractivity contribution in [2.75, 3.05) is 17.1 Å². The number of anilines is 2. The molecule has 0 heterocycles. The third-order valence-corrected chi connectivity index (χ3v) is 5.55. The number of nitro benzene ring substituents is 1. The van der Waals surface area contributed by atoms with Crippen molar-refractivity contribution in [3.8, 4) is 5.75 Å². The fourth-order valence-corrected chi connectivity index (χ4v) is 3.83. The summed E-state index contributed by atoms with van der Waals surface area (Å²) in [4.78, 5) is 22.5. The van der Waals surface area contributed by atoms with Gasteiger partial charge in [0.2, 0.25) is 0 Å². The Balaban J connectivity index is 1.83. The van der Waals surface area contributed by atoms with E-state index in [9.17, 15) is 23.3 Å². The second kappa shape index (κ2) is 8.62. The van der Waals surface area contributed by atoms with Gasteiger partial charge in [-0.2, -0.15) is 0 Å². The van der Waals surface area contributed by atoms with Crippen molar-refractivity contribution in [1.29, 1.82) is 0 Å². The molecule has 154 valence electrons. The Kier molecular flexibility index (Phi) is 5.98. The van der Waals surface area contributed by atoms with E-state index in [4.69, 9.17) is 4.74 Å². The Bertz CT molecular complexity index is 1180. The van der Waals surface area contributed by atoms with Gasteiger partial charge in [0.1, 0.15) is 10.6 Å². The highest BCUT2D eigenvalue weighted by Crippen LogP contribution is 2.25. The predicted octanol–water partition coefficient (Wildman–Crippen LogP) is 3.66. The number of sulfonamides is 1. The van der Waals surface area contributed by atoms with E-state index in [1.165, 1.54) is 49.6 Å². The lowest BCUT2D eigenvalue weighted by Gasteiger charge is -2.13. The van der Waals surface area contributed by atoms with Crippen LogP contribution in [-0.2, 0) is 10.0 Å². The van der Waals surface area contributed by atoms with E-state index in [1.54, 1.807) is 30.3 Å². The largest absolute Gasteiger partial charge is 0.497 e. The molecule has 0 spiro atoms. The number of nitrogens with one attached hydrogen (secondary N) is 2. The summed E-state index contributed by atoms with van der Waals surface area (Å²) < 4.78 is 33.2. The van der Waals surface area contributed by atoms with Gasteiger partial charge in [-0.25, -0.2) is 8.42 Å². The lowest BCUT2D eigenvalue weighted by atomic mass is 10.2. The number of carbonyl (C=O) groups is 1. The number of methoxy groups -OCH3 is 1. The number of nitro groups is 1. The molecule has 0 saturated heterocycles. The Morgan fingerprint density at radius 1 is 0.967 bits per heavy atom. The van der Waals surface area contributed by atoms with Gasteiger partial charge in [-0.15, -0.1) is 0 Å². The number of hydrogen-bond donors (Lipinski definition) is 2. The number of non-ortho nitro benzene ring substituents is 1. The molecule has 0 aliphatic rings. The van der Waals surface area contributed by atoms with Gasteiger partial charge in [-0.1, -0.05) is 12.1 Å². The van der Waals surface area contributed by atoms with Crippen molar-refractivity contribution in [3.05, 3.63) is 88.5 Å². The lowest BCUT2D eigenvalue weighted by molar-refractivity contribution is -0.384. The van der Waals surface area contributed by atoms with E-state index in [0.29, 0.717) is 11.4 Å². The molecule has 0 unspecified atom stereocenters. The van der Waals surface area contributed by atoms with Gasteiger partial charge < -0.3 is 10.1 Å². The molecule has 0 saturated carbocycles. The summed E-state index contributed by atoms with van der Waals surface area (Å²) in [6.45, 7) is 0. The molecule has 0 aliphatic carbocycles. The quantitative estimate of drug-likeness (QED) is 0.437. The third kappa shape index (κ3) is 4.73. The average molecular weight is 427 g/mol. The SMILES string of the molecule is COc1ccc(NS(=O)(=O)c2ccccc2NC(=O)c2ccc([N+](=O)[O-])cc2)cc1. The maximum absolute atomic E-state index is 12.8. The number of carbonyl (C=O) groups excluding carboxylic acids is 1. The van der Waals surface area contributed by atoms with Gasteiger partial charge in [0.05, 0.1) is 17.7 Å². The molecule has 0 radical (unpaired) electrons. The Morgan fingerprint density at radius 2 is 1.60 bits per heavy atom. The second-order valence-corrected chi connectivity index (χ2v) is 7.74. The van der Waals surface area contributed by atoms with Crippen LogP contribution in [0.1, 0.15) is 10.4 Å². The van der Waals surface area contributed by atoms with Crippen LogP contribution < -0.4 is 14.8 Å². The van der Waals surface area contributed by atoms with Crippen LogP contribution in [0.25, 0.3) is 0 Å². The maximum Gasteiger partial charge on any atom is 0.269 e. The van der Waals surface area contributed by atoms with E-state index < -0.39 is 20.9 Å². The number of amides is 1. The molecule has 0 fully saturated rings. The molecular weight excluding hydrogens is 410 g/mol. The van der Waals surface area contributed by atoms with Gasteiger partial charge in [0.25, 0.3) is 21.6 Å². The number of rotatable bonds is 7. The minimum absolute atomic E-state index is 0.0712. The molecule has 3 aromatic rings. The number of para-hydroxylation sites is 1. The first-order valence-corrected chi connectivity index (χ1v) is 10.1. The first-order chi connectivity index (χ1) is 14.3. The maximum atomic E-state index is 12.8. The predicted molar refractivity (Wildman–Crippen MR) is 111 cm³/mol. The normalized spacial score (nSPS) is 10.8. The van der Waals surface area contributed by atoms with Crippen LogP contribution in [0.5, 0.6) is 5.75 Å². The lowest BCUT2D eigenvalue weighted by Crippen LogP contribution is -2.18. The molecule has 30 heavy (non-hydrogen) atoms. The number of ether oxygens (including phenoxy) is 1. The highest BCUT2D eigenvalue weighted by molar-refractivity contribution is 7.92. The summed E-state index contributed by atoms with van der Waals surface area (Å²) in [6.07, 6.45) is 0. The first kappa shape index (κ1) is 20.8. The first-order valence-electron chi connectivity index (χ1n) is 8.62. The number of nitrogens with zero attached hydrogens (tertiary/aromatic N) is 1. The molecule has 0 bridgehead atoms. The average Bonchev–Trinajstić information content (AvgIpc) is 2.74. The van der Waals surface area contributed by atoms with Crippen molar-refractivity contribution >= 4 is 33.0 Å². The minimum Gasteiger partial charge on any atom is -0.497 e. The molecule has 3 aromatic carbocycles. The Labute approximate surface area is 172 Å². The zero-order chi connectivity index (χ0) is 21.7. The summed E-state index contributed by atoms with van der Waals surface area (Å²) in [5.74, 6) is -0.0225. The van der Waals surface area contributed by atoms with E-state index in [0.717, 1.165) is 0 Å². The van der Waals surface area contributed by atoms with Crippen LogP contribution in [0.2, 0.25) is 0 Å². The van der Waals surface area contributed by atoms with E-state index in [-0.39, 0.29) is 21.8 Å². The fourth-order valence-electron chi connectivity index (χ4n) is 2.60. The highest BCUT2D eigenvalue weighted by atomic mass is 32.2. The number of benzene rings is 3. The van der Waals surface area contributed by atoms with Crippen molar-refractivity contribution in [2.24, 2.45) is 0 Å². The van der Waals surface area contributed by atoms with Gasteiger partial charge in [-0.3, -0.25) is 19.6 Å². The molecule has 3 rings (SSSR count). The van der Waals surface area contributed by atoms with Crippen LogP contribution in [0.3, 0.4) is 0 Å². The summed E-state index contributed by atoms with van der Waals surface area (Å²) in [5.41, 5.74) is 0.392. The molecular formula is C20H17N3O6S. The van der Waals surface area contributed by atoms with E-state index in [1.807, 2.05) is 0 Å². The monoisotopic (exact) mass is 427 g/mol. The molecule has 0 aromatic heterocycles. The van der Waals surface area contributed by atoms with Crippen molar-refractivity contribution < 1.29 is 22.9 Å². The molecule has 0 aliphatic heterocycles. The van der Waals surface area contributed by atoms with Crippen LogP contribution in [0.15, 0.2) is 77.7 Å². The summed E-state index contributed by atoms with van der Waals surface area (Å²) in [7, 11) is -2.50. The summed E-state index contributed by atoms with van der Waals surface area (Å²) >= 11 is 0. The molecule has 0 atom stereocenters. The van der Waals surface area contributed by atoms with Crippen molar-refractivity contribution in [1.82, 2.24) is 0 Å². The van der Waals surface area contributed by atoms with Crippen molar-refractivity contribution in [3.63, 3.8) is 0 Å².